The number of hydrogen-bond donors (Lipinski definition) is 1. The molecule has 0 atom stereocenters. The van der Waals surface area contributed by atoms with Crippen LogP contribution in [-0.4, -0.2) is 19.5 Å². The Morgan fingerprint density at radius 2 is 1.79 bits per heavy atom. The first-order chi connectivity index (χ1) is 9.04. The summed E-state index contributed by atoms with van der Waals surface area (Å²) in [6.07, 6.45) is 1.78. The SMILES string of the molecule is Cc1cc(-c2cnc3c(c2)[nH]c(=O)n3C)cc(C)n1. The third-order valence-corrected chi connectivity index (χ3v) is 3.15. The number of aryl methyl sites for hydroxylation is 3. The molecule has 1 N–H and O–H groups in total. The molecular formula is C14H14N4O. The van der Waals surface area contributed by atoms with E-state index in [-0.39, 0.29) is 5.69 Å². The highest BCUT2D eigenvalue weighted by Gasteiger charge is 2.07. The van der Waals surface area contributed by atoms with Crippen LogP contribution < -0.4 is 5.69 Å². The molecule has 0 spiro atoms. The van der Waals surface area contributed by atoms with Gasteiger partial charge in [0, 0.05) is 30.2 Å². The van der Waals surface area contributed by atoms with E-state index >= 15 is 0 Å². The van der Waals surface area contributed by atoms with Gasteiger partial charge in [0.1, 0.15) is 0 Å². The maximum absolute atomic E-state index is 11.6. The second-order valence-corrected chi connectivity index (χ2v) is 4.72. The Bertz CT molecular complexity index is 809. The lowest BCUT2D eigenvalue weighted by molar-refractivity contribution is 0.879. The number of H-pyrrole nitrogens is 1. The number of hydrogen-bond acceptors (Lipinski definition) is 3. The highest BCUT2D eigenvalue weighted by atomic mass is 16.1. The van der Waals surface area contributed by atoms with E-state index in [4.69, 9.17) is 0 Å². The summed E-state index contributed by atoms with van der Waals surface area (Å²) < 4.78 is 1.50. The van der Waals surface area contributed by atoms with Crippen LogP contribution in [0.3, 0.4) is 0 Å². The summed E-state index contributed by atoms with van der Waals surface area (Å²) in [5.41, 5.74) is 5.23. The van der Waals surface area contributed by atoms with Crippen molar-refractivity contribution < 1.29 is 0 Å². The van der Waals surface area contributed by atoms with Gasteiger partial charge in [0.15, 0.2) is 5.65 Å². The monoisotopic (exact) mass is 254 g/mol. The summed E-state index contributed by atoms with van der Waals surface area (Å²) in [5.74, 6) is 0. The fourth-order valence-electron chi connectivity index (χ4n) is 2.27. The van der Waals surface area contributed by atoms with Crippen LogP contribution in [0.15, 0.2) is 29.2 Å². The maximum atomic E-state index is 11.6. The minimum absolute atomic E-state index is 0.151. The lowest BCUT2D eigenvalue weighted by atomic mass is 10.1. The zero-order valence-corrected chi connectivity index (χ0v) is 11.1. The Kier molecular flexibility index (Phi) is 2.48. The molecule has 0 bridgehead atoms. The van der Waals surface area contributed by atoms with Crippen molar-refractivity contribution in [3.8, 4) is 11.1 Å². The number of aromatic nitrogens is 4. The van der Waals surface area contributed by atoms with Crippen LogP contribution in [0, 0.1) is 13.8 Å². The molecule has 0 radical (unpaired) electrons. The largest absolute Gasteiger partial charge is 0.327 e. The summed E-state index contributed by atoms with van der Waals surface area (Å²) in [6, 6.07) is 5.96. The topological polar surface area (TPSA) is 63.6 Å². The molecule has 0 saturated heterocycles. The van der Waals surface area contributed by atoms with Crippen molar-refractivity contribution in [2.24, 2.45) is 7.05 Å². The van der Waals surface area contributed by atoms with Gasteiger partial charge in [0.05, 0.1) is 5.52 Å². The zero-order valence-electron chi connectivity index (χ0n) is 11.1. The van der Waals surface area contributed by atoms with E-state index in [1.807, 2.05) is 32.0 Å². The molecule has 0 amide bonds. The Morgan fingerprint density at radius 3 is 2.47 bits per heavy atom. The third kappa shape index (κ3) is 1.93. The molecule has 5 nitrogen and oxygen atoms in total. The lowest BCUT2D eigenvalue weighted by Crippen LogP contribution is -2.12. The molecule has 0 aliphatic rings. The molecule has 19 heavy (non-hydrogen) atoms. The predicted molar refractivity (Wildman–Crippen MR) is 74.0 cm³/mol. The van der Waals surface area contributed by atoms with E-state index in [1.54, 1.807) is 13.2 Å². The first-order valence-corrected chi connectivity index (χ1v) is 6.05. The average molecular weight is 254 g/mol. The van der Waals surface area contributed by atoms with Crippen LogP contribution in [0.5, 0.6) is 0 Å². The number of rotatable bonds is 1. The molecule has 0 saturated carbocycles. The van der Waals surface area contributed by atoms with E-state index in [0.29, 0.717) is 5.65 Å². The third-order valence-electron chi connectivity index (χ3n) is 3.15. The number of nitrogens with zero attached hydrogens (tertiary/aromatic N) is 3. The number of imidazole rings is 1. The van der Waals surface area contributed by atoms with E-state index < -0.39 is 0 Å². The minimum atomic E-state index is -0.151. The molecule has 96 valence electrons. The molecule has 0 aromatic carbocycles. The predicted octanol–water partition coefficient (Wildman–Crippen LogP) is 1.94. The number of nitrogens with one attached hydrogen (secondary N) is 1. The molecular weight excluding hydrogens is 240 g/mol. The molecule has 3 rings (SSSR count). The summed E-state index contributed by atoms with van der Waals surface area (Å²) in [5, 5.41) is 0. The Hall–Kier alpha value is -2.43. The van der Waals surface area contributed by atoms with Gasteiger partial charge in [-0.25, -0.2) is 9.78 Å². The smallest absolute Gasteiger partial charge is 0.304 e. The molecule has 0 unspecified atom stereocenters. The minimum Gasteiger partial charge on any atom is -0.304 e. The van der Waals surface area contributed by atoms with Crippen molar-refractivity contribution in [3.63, 3.8) is 0 Å². The standard InChI is InChI=1S/C14H14N4O/c1-8-4-10(5-9(2)16-8)11-6-12-13(15-7-11)18(3)14(19)17-12/h4-7H,1-3H3,(H,17,19). The Labute approximate surface area is 110 Å². The lowest BCUT2D eigenvalue weighted by Gasteiger charge is -2.04. The molecule has 0 fully saturated rings. The number of pyridine rings is 2. The van der Waals surface area contributed by atoms with Crippen molar-refractivity contribution >= 4 is 11.2 Å². The summed E-state index contributed by atoms with van der Waals surface area (Å²) in [4.78, 5) is 23.1. The number of aromatic amines is 1. The number of fused-ring (bicyclic) bond motifs is 1. The summed E-state index contributed by atoms with van der Waals surface area (Å²) in [6.45, 7) is 3.93. The van der Waals surface area contributed by atoms with Crippen molar-refractivity contribution in [2.75, 3.05) is 0 Å². The van der Waals surface area contributed by atoms with E-state index in [0.717, 1.165) is 28.0 Å². The Balaban J connectivity index is 2.23. The van der Waals surface area contributed by atoms with Crippen LogP contribution in [0.1, 0.15) is 11.4 Å². The Morgan fingerprint density at radius 1 is 1.11 bits per heavy atom. The molecule has 5 heteroatoms. The second kappa shape index (κ2) is 4.05. The quantitative estimate of drug-likeness (QED) is 0.721. The van der Waals surface area contributed by atoms with Crippen molar-refractivity contribution in [2.45, 2.75) is 13.8 Å². The van der Waals surface area contributed by atoms with Crippen LogP contribution in [-0.2, 0) is 7.05 Å². The highest BCUT2D eigenvalue weighted by Crippen LogP contribution is 2.22. The molecule has 0 aliphatic carbocycles. The average Bonchev–Trinajstić information content (AvgIpc) is 2.63. The molecule has 3 aromatic rings. The fraction of sp³-hybridized carbons (Fsp3) is 0.214. The van der Waals surface area contributed by atoms with Crippen molar-refractivity contribution in [1.82, 2.24) is 19.5 Å². The summed E-state index contributed by atoms with van der Waals surface area (Å²) >= 11 is 0. The molecule has 0 aliphatic heterocycles. The van der Waals surface area contributed by atoms with Crippen molar-refractivity contribution in [1.29, 1.82) is 0 Å². The summed E-state index contributed by atoms with van der Waals surface area (Å²) in [7, 11) is 1.70. The maximum Gasteiger partial charge on any atom is 0.327 e. The molecule has 3 heterocycles. The van der Waals surface area contributed by atoms with Crippen LogP contribution in [0.2, 0.25) is 0 Å². The molecule has 3 aromatic heterocycles. The van der Waals surface area contributed by atoms with Crippen molar-refractivity contribution in [3.05, 3.63) is 46.3 Å². The van der Waals surface area contributed by atoms with Gasteiger partial charge in [-0.1, -0.05) is 0 Å². The van der Waals surface area contributed by atoms with E-state index in [2.05, 4.69) is 15.0 Å². The van der Waals surface area contributed by atoms with Crippen LogP contribution in [0.4, 0.5) is 0 Å². The van der Waals surface area contributed by atoms with Gasteiger partial charge in [-0.3, -0.25) is 9.55 Å². The normalized spacial score (nSPS) is 11.1. The van der Waals surface area contributed by atoms with Gasteiger partial charge in [-0.15, -0.1) is 0 Å². The highest BCUT2D eigenvalue weighted by molar-refractivity contribution is 5.78. The van der Waals surface area contributed by atoms with Gasteiger partial charge in [-0.05, 0) is 37.6 Å². The fourth-order valence-corrected chi connectivity index (χ4v) is 2.27. The first-order valence-electron chi connectivity index (χ1n) is 6.05. The van der Waals surface area contributed by atoms with E-state index in [9.17, 15) is 4.79 Å². The van der Waals surface area contributed by atoms with Gasteiger partial charge in [0.2, 0.25) is 0 Å². The first kappa shape index (κ1) is 11.6. The van der Waals surface area contributed by atoms with Crippen LogP contribution >= 0.6 is 0 Å². The zero-order chi connectivity index (χ0) is 13.6. The van der Waals surface area contributed by atoms with Gasteiger partial charge >= 0.3 is 5.69 Å². The van der Waals surface area contributed by atoms with Crippen LogP contribution in [0.25, 0.3) is 22.3 Å². The van der Waals surface area contributed by atoms with Gasteiger partial charge < -0.3 is 4.98 Å². The second-order valence-electron chi connectivity index (χ2n) is 4.72. The van der Waals surface area contributed by atoms with Gasteiger partial charge in [0.25, 0.3) is 0 Å². The van der Waals surface area contributed by atoms with E-state index in [1.165, 1.54) is 4.57 Å². The van der Waals surface area contributed by atoms with Gasteiger partial charge in [-0.2, -0.15) is 0 Å².